The molecule has 0 aromatic heterocycles. The summed E-state index contributed by atoms with van der Waals surface area (Å²) in [7, 11) is 1.37. The Morgan fingerprint density at radius 3 is 2.79 bits per heavy atom. The first-order valence-electron chi connectivity index (χ1n) is 3.79. The Morgan fingerprint density at radius 1 is 1.64 bits per heavy atom. The van der Waals surface area contributed by atoms with E-state index < -0.39 is 18.2 Å². The molecule has 1 rings (SSSR count). The Balaban J connectivity index is 3.22. The molecule has 0 aliphatic rings. The van der Waals surface area contributed by atoms with Crippen LogP contribution in [0.1, 0.15) is 5.56 Å². The SMILES string of the molecule is COc1c(Br)ccc(F)c1CC(=O)O. The van der Waals surface area contributed by atoms with Gasteiger partial charge in [-0.1, -0.05) is 0 Å². The predicted molar refractivity (Wildman–Crippen MR) is 52.0 cm³/mol. The third-order valence-corrected chi connectivity index (χ3v) is 2.31. The molecule has 0 bridgehead atoms. The van der Waals surface area contributed by atoms with Gasteiger partial charge in [0, 0.05) is 5.56 Å². The van der Waals surface area contributed by atoms with Crippen molar-refractivity contribution in [3.05, 3.63) is 28.0 Å². The van der Waals surface area contributed by atoms with E-state index in [4.69, 9.17) is 9.84 Å². The van der Waals surface area contributed by atoms with E-state index in [-0.39, 0.29) is 11.3 Å². The molecule has 0 spiro atoms. The minimum atomic E-state index is -1.10. The van der Waals surface area contributed by atoms with Crippen molar-refractivity contribution in [2.75, 3.05) is 7.11 Å². The average molecular weight is 263 g/mol. The summed E-state index contributed by atoms with van der Waals surface area (Å²) in [4.78, 5) is 10.5. The molecule has 0 atom stereocenters. The first-order valence-corrected chi connectivity index (χ1v) is 4.58. The number of methoxy groups -OCH3 is 1. The smallest absolute Gasteiger partial charge is 0.308 e. The topological polar surface area (TPSA) is 46.5 Å². The lowest BCUT2D eigenvalue weighted by molar-refractivity contribution is -0.136. The van der Waals surface area contributed by atoms with Gasteiger partial charge in [-0.3, -0.25) is 4.79 Å². The summed E-state index contributed by atoms with van der Waals surface area (Å²) in [6.45, 7) is 0. The third-order valence-electron chi connectivity index (χ3n) is 1.69. The molecule has 0 radical (unpaired) electrons. The van der Waals surface area contributed by atoms with Gasteiger partial charge in [-0.15, -0.1) is 0 Å². The predicted octanol–water partition coefficient (Wildman–Crippen LogP) is 2.22. The van der Waals surface area contributed by atoms with Crippen LogP contribution in [0.3, 0.4) is 0 Å². The maximum atomic E-state index is 13.2. The number of aliphatic carboxylic acids is 1. The van der Waals surface area contributed by atoms with Crippen molar-refractivity contribution in [2.24, 2.45) is 0 Å². The third kappa shape index (κ3) is 2.23. The fourth-order valence-corrected chi connectivity index (χ4v) is 1.65. The van der Waals surface area contributed by atoms with Gasteiger partial charge in [0.25, 0.3) is 0 Å². The van der Waals surface area contributed by atoms with E-state index in [1.54, 1.807) is 0 Å². The Bertz CT molecular complexity index is 365. The number of rotatable bonds is 3. The van der Waals surface area contributed by atoms with Crippen molar-refractivity contribution in [3.8, 4) is 5.75 Å². The van der Waals surface area contributed by atoms with Gasteiger partial charge in [0.2, 0.25) is 0 Å². The second-order valence-electron chi connectivity index (χ2n) is 2.61. The zero-order chi connectivity index (χ0) is 10.7. The van der Waals surface area contributed by atoms with Gasteiger partial charge in [-0.25, -0.2) is 4.39 Å². The standard InChI is InChI=1S/C9H8BrFO3/c1-14-9-5(4-8(12)13)7(11)3-2-6(9)10/h2-3H,4H2,1H3,(H,12,13). The van der Waals surface area contributed by atoms with Crippen LogP contribution in [-0.2, 0) is 11.2 Å². The summed E-state index contributed by atoms with van der Waals surface area (Å²) < 4.78 is 18.7. The highest BCUT2D eigenvalue weighted by molar-refractivity contribution is 9.10. The van der Waals surface area contributed by atoms with Crippen LogP contribution in [-0.4, -0.2) is 18.2 Å². The molecule has 1 aromatic carbocycles. The lowest BCUT2D eigenvalue weighted by atomic mass is 10.1. The summed E-state index contributed by atoms with van der Waals surface area (Å²) in [6, 6.07) is 2.67. The number of carboxylic acid groups (broad SMARTS) is 1. The summed E-state index contributed by atoms with van der Waals surface area (Å²) in [5, 5.41) is 8.56. The molecular formula is C9H8BrFO3. The number of benzene rings is 1. The van der Waals surface area contributed by atoms with Gasteiger partial charge in [-0.2, -0.15) is 0 Å². The minimum absolute atomic E-state index is 0.0503. The van der Waals surface area contributed by atoms with Gasteiger partial charge in [0.1, 0.15) is 11.6 Å². The highest BCUT2D eigenvalue weighted by atomic mass is 79.9. The maximum Gasteiger partial charge on any atom is 0.308 e. The second-order valence-corrected chi connectivity index (χ2v) is 3.47. The minimum Gasteiger partial charge on any atom is -0.495 e. The van der Waals surface area contributed by atoms with Crippen molar-refractivity contribution < 1.29 is 19.0 Å². The van der Waals surface area contributed by atoms with Crippen LogP contribution in [0.4, 0.5) is 4.39 Å². The molecular weight excluding hydrogens is 255 g/mol. The van der Waals surface area contributed by atoms with Crippen molar-refractivity contribution >= 4 is 21.9 Å². The molecule has 1 N–H and O–H groups in total. The number of halogens is 2. The van der Waals surface area contributed by atoms with Gasteiger partial charge in [-0.05, 0) is 28.1 Å². The van der Waals surface area contributed by atoms with E-state index in [2.05, 4.69) is 15.9 Å². The first-order chi connectivity index (χ1) is 6.56. The molecule has 0 aliphatic heterocycles. The summed E-state index contributed by atoms with van der Waals surface area (Å²) in [5.74, 6) is -1.44. The Morgan fingerprint density at radius 2 is 2.29 bits per heavy atom. The highest BCUT2D eigenvalue weighted by Gasteiger charge is 2.15. The Labute approximate surface area is 88.6 Å². The van der Waals surface area contributed by atoms with Crippen LogP contribution in [0.15, 0.2) is 16.6 Å². The summed E-state index contributed by atoms with van der Waals surface area (Å²) in [6.07, 6.45) is -0.394. The summed E-state index contributed by atoms with van der Waals surface area (Å²) >= 11 is 3.15. The Kier molecular flexibility index (Phi) is 3.46. The molecule has 14 heavy (non-hydrogen) atoms. The van der Waals surface area contributed by atoms with E-state index in [9.17, 15) is 9.18 Å². The normalized spacial score (nSPS) is 9.93. The maximum absolute atomic E-state index is 13.2. The monoisotopic (exact) mass is 262 g/mol. The van der Waals surface area contributed by atoms with E-state index >= 15 is 0 Å². The molecule has 0 amide bonds. The molecule has 1 aromatic rings. The van der Waals surface area contributed by atoms with Gasteiger partial charge in [0.15, 0.2) is 0 Å². The number of carbonyl (C=O) groups is 1. The lowest BCUT2D eigenvalue weighted by Gasteiger charge is -2.09. The number of ether oxygens (including phenoxy) is 1. The highest BCUT2D eigenvalue weighted by Crippen LogP contribution is 2.31. The molecule has 5 heteroatoms. The van der Waals surface area contributed by atoms with Crippen LogP contribution in [0.5, 0.6) is 5.75 Å². The molecule has 3 nitrogen and oxygen atoms in total. The second kappa shape index (κ2) is 4.41. The number of carboxylic acids is 1. The molecule has 0 aliphatic carbocycles. The van der Waals surface area contributed by atoms with Crippen molar-refractivity contribution in [1.82, 2.24) is 0 Å². The number of hydrogen-bond donors (Lipinski definition) is 1. The average Bonchev–Trinajstić information content (AvgIpc) is 2.11. The van der Waals surface area contributed by atoms with Gasteiger partial charge in [0.05, 0.1) is 18.0 Å². The summed E-state index contributed by atoms with van der Waals surface area (Å²) in [5.41, 5.74) is 0.0503. The van der Waals surface area contributed by atoms with Crippen molar-refractivity contribution in [3.63, 3.8) is 0 Å². The number of hydrogen-bond acceptors (Lipinski definition) is 2. The largest absolute Gasteiger partial charge is 0.495 e. The molecule has 0 fully saturated rings. The molecule has 0 heterocycles. The molecule has 76 valence electrons. The molecule has 0 unspecified atom stereocenters. The van der Waals surface area contributed by atoms with Crippen LogP contribution in [0, 0.1) is 5.82 Å². The van der Waals surface area contributed by atoms with E-state index in [1.807, 2.05) is 0 Å². The quantitative estimate of drug-likeness (QED) is 0.909. The van der Waals surface area contributed by atoms with Gasteiger partial charge < -0.3 is 9.84 Å². The molecule has 0 saturated heterocycles. The van der Waals surface area contributed by atoms with E-state index in [0.29, 0.717) is 4.47 Å². The van der Waals surface area contributed by atoms with Crippen molar-refractivity contribution in [2.45, 2.75) is 6.42 Å². The van der Waals surface area contributed by atoms with Crippen molar-refractivity contribution in [1.29, 1.82) is 0 Å². The van der Waals surface area contributed by atoms with Crippen LogP contribution in [0.25, 0.3) is 0 Å². The van der Waals surface area contributed by atoms with Gasteiger partial charge >= 0.3 is 5.97 Å². The van der Waals surface area contributed by atoms with Crippen LogP contribution >= 0.6 is 15.9 Å². The fraction of sp³-hybridized carbons (Fsp3) is 0.222. The van der Waals surface area contributed by atoms with Crippen LogP contribution < -0.4 is 4.74 Å². The van der Waals surface area contributed by atoms with Crippen LogP contribution in [0.2, 0.25) is 0 Å². The zero-order valence-electron chi connectivity index (χ0n) is 7.38. The Hall–Kier alpha value is -1.10. The first kappa shape index (κ1) is 11.0. The molecule has 0 saturated carbocycles. The zero-order valence-corrected chi connectivity index (χ0v) is 8.97. The fourth-order valence-electron chi connectivity index (χ4n) is 1.11. The lowest BCUT2D eigenvalue weighted by Crippen LogP contribution is -2.05. The van der Waals surface area contributed by atoms with E-state index in [1.165, 1.54) is 19.2 Å². The van der Waals surface area contributed by atoms with E-state index in [0.717, 1.165) is 0 Å².